The van der Waals surface area contributed by atoms with Crippen LogP contribution in [0.4, 0.5) is 23.2 Å². The molecule has 176 valence electrons. The molecule has 3 aromatic rings. The number of aromatic nitrogens is 1. The predicted octanol–water partition coefficient (Wildman–Crippen LogP) is 5.42. The summed E-state index contributed by atoms with van der Waals surface area (Å²) in [4.78, 5) is 30.4. The summed E-state index contributed by atoms with van der Waals surface area (Å²) in [6, 6.07) is 10.1. The van der Waals surface area contributed by atoms with E-state index in [-0.39, 0.29) is 22.8 Å². The Kier molecular flexibility index (Phi) is 6.56. The number of hydrogen-bond donors (Lipinski definition) is 1. The van der Waals surface area contributed by atoms with Gasteiger partial charge in [0.15, 0.2) is 0 Å². The lowest BCUT2D eigenvalue weighted by Gasteiger charge is -2.37. The van der Waals surface area contributed by atoms with Gasteiger partial charge in [-0.3, -0.25) is 14.6 Å². The molecule has 1 aliphatic heterocycles. The Morgan fingerprint density at radius 2 is 1.71 bits per heavy atom. The van der Waals surface area contributed by atoms with Gasteiger partial charge >= 0.3 is 0 Å². The molecule has 0 saturated carbocycles. The molecular formula is C24H18ClF4N3O2. The number of nitrogens with zero attached hydrogens (tertiary/aromatic N) is 2. The number of alkyl halides is 2. The van der Waals surface area contributed by atoms with Gasteiger partial charge in [-0.15, -0.1) is 0 Å². The minimum atomic E-state index is -3.35. The maximum Gasteiger partial charge on any atom is 0.266 e. The van der Waals surface area contributed by atoms with Gasteiger partial charge in [-0.25, -0.2) is 17.6 Å². The Balaban J connectivity index is 1.56. The van der Waals surface area contributed by atoms with Gasteiger partial charge in [0.25, 0.3) is 11.8 Å². The van der Waals surface area contributed by atoms with Gasteiger partial charge in [0.05, 0.1) is 12.5 Å². The fourth-order valence-electron chi connectivity index (χ4n) is 3.91. The first-order chi connectivity index (χ1) is 16.1. The average Bonchev–Trinajstić information content (AvgIpc) is 2.77. The van der Waals surface area contributed by atoms with E-state index in [0.29, 0.717) is 11.1 Å². The highest BCUT2D eigenvalue weighted by molar-refractivity contribution is 6.30. The van der Waals surface area contributed by atoms with E-state index in [1.165, 1.54) is 30.6 Å². The van der Waals surface area contributed by atoms with Crippen LogP contribution >= 0.6 is 11.6 Å². The summed E-state index contributed by atoms with van der Waals surface area (Å²) < 4.78 is 56.8. The van der Waals surface area contributed by atoms with Gasteiger partial charge < -0.3 is 10.2 Å². The SMILES string of the molecule is O=C(Nc1cc(F)cc(Cl)c1)C1CN(C(=O)c2cc(F)cc(-c3ccncc3)c2)CC(F)(F)C1. The molecule has 2 amide bonds. The zero-order valence-corrected chi connectivity index (χ0v) is 18.3. The van der Waals surface area contributed by atoms with Crippen molar-refractivity contribution in [1.29, 1.82) is 0 Å². The third-order valence-corrected chi connectivity index (χ3v) is 5.57. The molecule has 0 bridgehead atoms. The van der Waals surface area contributed by atoms with Gasteiger partial charge in [-0.05, 0) is 59.7 Å². The summed E-state index contributed by atoms with van der Waals surface area (Å²) in [7, 11) is 0. The fraction of sp³-hybridized carbons (Fsp3) is 0.208. The number of pyridine rings is 1. The molecular weight excluding hydrogens is 474 g/mol. The normalized spacial score (nSPS) is 17.3. The highest BCUT2D eigenvalue weighted by Crippen LogP contribution is 2.33. The van der Waals surface area contributed by atoms with E-state index in [9.17, 15) is 27.2 Å². The first-order valence-corrected chi connectivity index (χ1v) is 10.6. The maximum atomic E-state index is 14.5. The Hall–Kier alpha value is -3.46. The van der Waals surface area contributed by atoms with Crippen LogP contribution < -0.4 is 5.32 Å². The predicted molar refractivity (Wildman–Crippen MR) is 119 cm³/mol. The van der Waals surface area contributed by atoms with Gasteiger partial charge in [0.1, 0.15) is 11.6 Å². The second-order valence-electron chi connectivity index (χ2n) is 8.05. The molecule has 0 spiro atoms. The smallest absolute Gasteiger partial charge is 0.266 e. The van der Waals surface area contributed by atoms with Crippen LogP contribution in [-0.2, 0) is 4.79 Å². The van der Waals surface area contributed by atoms with Crippen LogP contribution in [0.2, 0.25) is 5.02 Å². The van der Waals surface area contributed by atoms with E-state index in [1.54, 1.807) is 12.1 Å². The molecule has 4 rings (SSSR count). The first kappa shape index (κ1) is 23.7. The Labute approximate surface area is 197 Å². The minimum Gasteiger partial charge on any atom is -0.332 e. The van der Waals surface area contributed by atoms with Crippen LogP contribution in [0, 0.1) is 17.6 Å². The highest BCUT2D eigenvalue weighted by atomic mass is 35.5. The first-order valence-electron chi connectivity index (χ1n) is 10.2. The van der Waals surface area contributed by atoms with Crippen molar-refractivity contribution >= 4 is 29.1 Å². The van der Waals surface area contributed by atoms with E-state index in [1.807, 2.05) is 0 Å². The lowest BCUT2D eigenvalue weighted by Crippen LogP contribution is -2.52. The molecule has 1 saturated heterocycles. The van der Waals surface area contributed by atoms with Crippen molar-refractivity contribution in [2.24, 2.45) is 5.92 Å². The van der Waals surface area contributed by atoms with Crippen LogP contribution in [0.5, 0.6) is 0 Å². The molecule has 1 atom stereocenters. The van der Waals surface area contributed by atoms with E-state index in [0.717, 1.165) is 23.1 Å². The lowest BCUT2D eigenvalue weighted by atomic mass is 9.93. The number of likely N-dealkylation sites (tertiary alicyclic amines) is 1. The van der Waals surface area contributed by atoms with Gasteiger partial charge in [0.2, 0.25) is 5.91 Å². The number of amides is 2. The summed E-state index contributed by atoms with van der Waals surface area (Å²) in [6.45, 7) is -1.23. The van der Waals surface area contributed by atoms with Crippen LogP contribution in [0.3, 0.4) is 0 Å². The minimum absolute atomic E-state index is 0.00823. The van der Waals surface area contributed by atoms with Gasteiger partial charge in [-0.2, -0.15) is 0 Å². The second-order valence-corrected chi connectivity index (χ2v) is 8.49. The molecule has 1 N–H and O–H groups in total. The van der Waals surface area contributed by atoms with Crippen LogP contribution in [0.1, 0.15) is 16.8 Å². The Bertz CT molecular complexity index is 1220. The molecule has 10 heteroatoms. The molecule has 34 heavy (non-hydrogen) atoms. The number of piperidine rings is 1. The number of nitrogens with one attached hydrogen (secondary N) is 1. The van der Waals surface area contributed by atoms with E-state index in [4.69, 9.17) is 11.6 Å². The third-order valence-electron chi connectivity index (χ3n) is 5.35. The summed E-state index contributed by atoms with van der Waals surface area (Å²) in [6.07, 6.45) is 2.21. The summed E-state index contributed by atoms with van der Waals surface area (Å²) in [5, 5.41) is 2.39. The fourth-order valence-corrected chi connectivity index (χ4v) is 4.13. The summed E-state index contributed by atoms with van der Waals surface area (Å²) in [5.74, 6) is -7.68. The quantitative estimate of drug-likeness (QED) is 0.496. The summed E-state index contributed by atoms with van der Waals surface area (Å²) >= 11 is 5.77. The molecule has 1 fully saturated rings. The molecule has 5 nitrogen and oxygen atoms in total. The van der Waals surface area contributed by atoms with Crippen molar-refractivity contribution in [3.8, 4) is 11.1 Å². The molecule has 0 aliphatic carbocycles. The zero-order chi connectivity index (χ0) is 24.5. The van der Waals surface area contributed by atoms with E-state index < -0.39 is 48.3 Å². The maximum absolute atomic E-state index is 14.5. The van der Waals surface area contributed by atoms with Crippen molar-refractivity contribution in [2.75, 3.05) is 18.4 Å². The number of benzene rings is 2. The Morgan fingerprint density at radius 1 is 1.00 bits per heavy atom. The van der Waals surface area contributed by atoms with Crippen LogP contribution in [0.25, 0.3) is 11.1 Å². The molecule has 2 heterocycles. The van der Waals surface area contributed by atoms with Crippen LogP contribution in [-0.4, -0.2) is 40.7 Å². The van der Waals surface area contributed by atoms with Crippen LogP contribution in [0.15, 0.2) is 60.9 Å². The lowest BCUT2D eigenvalue weighted by molar-refractivity contribution is -0.130. The molecule has 0 radical (unpaired) electrons. The number of anilines is 1. The summed E-state index contributed by atoms with van der Waals surface area (Å²) in [5.41, 5.74) is 0.861. The van der Waals surface area contributed by atoms with Gasteiger partial charge in [0, 0.05) is 41.6 Å². The van der Waals surface area contributed by atoms with Crippen molar-refractivity contribution in [1.82, 2.24) is 9.88 Å². The van der Waals surface area contributed by atoms with Crippen molar-refractivity contribution in [3.63, 3.8) is 0 Å². The number of carbonyl (C=O) groups excluding carboxylic acids is 2. The molecule has 2 aromatic carbocycles. The molecule has 1 aliphatic rings. The number of halogens is 5. The largest absolute Gasteiger partial charge is 0.332 e. The zero-order valence-electron chi connectivity index (χ0n) is 17.6. The molecule has 1 aromatic heterocycles. The average molecular weight is 492 g/mol. The van der Waals surface area contributed by atoms with Gasteiger partial charge in [-0.1, -0.05) is 11.6 Å². The van der Waals surface area contributed by atoms with E-state index in [2.05, 4.69) is 10.3 Å². The van der Waals surface area contributed by atoms with Crippen molar-refractivity contribution in [2.45, 2.75) is 12.3 Å². The standard InChI is InChI=1S/C24H18ClF4N3O2/c25-18-8-20(27)10-21(9-18)31-22(33)17-11-24(28,29)13-32(12-17)23(34)16-5-15(6-19(26)7-16)14-1-3-30-4-2-14/h1-10,17H,11-13H2,(H,31,33). The highest BCUT2D eigenvalue weighted by Gasteiger charge is 2.44. The van der Waals surface area contributed by atoms with Crippen molar-refractivity contribution in [3.05, 3.63) is 83.1 Å². The number of carbonyl (C=O) groups is 2. The van der Waals surface area contributed by atoms with E-state index >= 15 is 0 Å². The monoisotopic (exact) mass is 491 g/mol. The number of hydrogen-bond acceptors (Lipinski definition) is 3. The Morgan fingerprint density at radius 3 is 2.41 bits per heavy atom. The topological polar surface area (TPSA) is 62.3 Å². The molecule has 1 unspecified atom stereocenters. The van der Waals surface area contributed by atoms with Crippen molar-refractivity contribution < 1.29 is 27.2 Å². The number of rotatable bonds is 4. The third kappa shape index (κ3) is 5.53. The second kappa shape index (κ2) is 9.42.